The Morgan fingerprint density at radius 3 is 3.18 bits per heavy atom. The van der Waals surface area contributed by atoms with E-state index in [2.05, 4.69) is 15.3 Å². The lowest BCUT2D eigenvalue weighted by Gasteiger charge is -2.10. The Morgan fingerprint density at radius 2 is 2.47 bits per heavy atom. The predicted octanol–water partition coefficient (Wildman–Crippen LogP) is 0.157. The number of H-pyrrole nitrogens is 1. The van der Waals surface area contributed by atoms with Crippen LogP contribution in [0.25, 0.3) is 0 Å². The molecule has 0 saturated carbocycles. The standard InChI is InChI=1S/C11H17N3O3/c1-16-9-10(15)13-7-14-11(9)17-5-3-8-2-4-12-6-8/h7-8,12H,2-6H2,1H3,(H,13,14,15). The zero-order chi connectivity index (χ0) is 12.1. The van der Waals surface area contributed by atoms with Crippen molar-refractivity contribution in [2.75, 3.05) is 26.8 Å². The molecule has 2 heterocycles. The predicted molar refractivity (Wildman–Crippen MR) is 62.5 cm³/mol. The molecule has 2 N–H and O–H groups in total. The lowest BCUT2D eigenvalue weighted by Crippen LogP contribution is -2.15. The van der Waals surface area contributed by atoms with Gasteiger partial charge in [0.1, 0.15) is 0 Å². The highest BCUT2D eigenvalue weighted by atomic mass is 16.5. The van der Waals surface area contributed by atoms with Crippen LogP contribution in [0, 0.1) is 5.92 Å². The topological polar surface area (TPSA) is 76.2 Å². The second kappa shape index (κ2) is 5.67. The molecule has 94 valence electrons. The second-order valence-corrected chi connectivity index (χ2v) is 4.07. The number of nitrogens with zero attached hydrogens (tertiary/aromatic N) is 1. The largest absolute Gasteiger partial charge is 0.487 e. The van der Waals surface area contributed by atoms with Gasteiger partial charge in [0.25, 0.3) is 11.4 Å². The van der Waals surface area contributed by atoms with Gasteiger partial charge in [0.2, 0.25) is 5.75 Å². The van der Waals surface area contributed by atoms with Gasteiger partial charge in [-0.25, -0.2) is 4.98 Å². The maximum Gasteiger partial charge on any atom is 0.297 e. The highest BCUT2D eigenvalue weighted by Crippen LogP contribution is 2.19. The van der Waals surface area contributed by atoms with Crippen LogP contribution in [-0.2, 0) is 0 Å². The fraction of sp³-hybridized carbons (Fsp3) is 0.636. The molecule has 1 atom stereocenters. The number of aromatic nitrogens is 2. The molecule has 1 saturated heterocycles. The molecule has 1 aliphatic heterocycles. The summed E-state index contributed by atoms with van der Waals surface area (Å²) in [5.41, 5.74) is -0.319. The highest BCUT2D eigenvalue weighted by molar-refractivity contribution is 5.29. The Kier molecular flexibility index (Phi) is 3.98. The molecule has 1 aromatic rings. The molecule has 1 aromatic heterocycles. The normalized spacial score (nSPS) is 19.2. The monoisotopic (exact) mass is 239 g/mol. The SMILES string of the molecule is COc1c(OCCC2CCNC2)nc[nH]c1=O. The first-order chi connectivity index (χ1) is 8.31. The van der Waals surface area contributed by atoms with Gasteiger partial charge in [-0.1, -0.05) is 0 Å². The summed E-state index contributed by atoms with van der Waals surface area (Å²) in [5.74, 6) is 1.06. The fourth-order valence-corrected chi connectivity index (χ4v) is 1.94. The number of aromatic amines is 1. The molecule has 1 fully saturated rings. The average Bonchev–Trinajstić information content (AvgIpc) is 2.82. The summed E-state index contributed by atoms with van der Waals surface area (Å²) in [6.45, 7) is 2.68. The van der Waals surface area contributed by atoms with E-state index in [4.69, 9.17) is 9.47 Å². The van der Waals surface area contributed by atoms with Crippen LogP contribution >= 0.6 is 0 Å². The van der Waals surface area contributed by atoms with Gasteiger partial charge in [-0.05, 0) is 31.8 Å². The van der Waals surface area contributed by atoms with Crippen molar-refractivity contribution >= 4 is 0 Å². The molecule has 2 rings (SSSR count). The Labute approximate surface area is 99.4 Å². The van der Waals surface area contributed by atoms with Crippen LogP contribution in [-0.4, -0.2) is 36.8 Å². The van der Waals surface area contributed by atoms with Gasteiger partial charge in [0.05, 0.1) is 20.0 Å². The van der Waals surface area contributed by atoms with Crippen molar-refractivity contribution in [1.82, 2.24) is 15.3 Å². The van der Waals surface area contributed by atoms with E-state index in [1.165, 1.54) is 19.9 Å². The Balaban J connectivity index is 1.89. The molecule has 17 heavy (non-hydrogen) atoms. The van der Waals surface area contributed by atoms with E-state index in [0.29, 0.717) is 12.5 Å². The van der Waals surface area contributed by atoms with Gasteiger partial charge < -0.3 is 19.8 Å². The zero-order valence-electron chi connectivity index (χ0n) is 9.86. The summed E-state index contributed by atoms with van der Waals surface area (Å²) in [7, 11) is 1.43. The first-order valence-corrected chi connectivity index (χ1v) is 5.76. The molecular formula is C11H17N3O3. The third kappa shape index (κ3) is 2.97. The second-order valence-electron chi connectivity index (χ2n) is 4.07. The molecule has 0 spiro atoms. The number of ether oxygens (including phenoxy) is 2. The van der Waals surface area contributed by atoms with Crippen LogP contribution in [0.5, 0.6) is 11.6 Å². The zero-order valence-corrected chi connectivity index (χ0v) is 9.86. The molecule has 0 aromatic carbocycles. The molecule has 0 aliphatic carbocycles. The van der Waals surface area contributed by atoms with Crippen LogP contribution in [0.2, 0.25) is 0 Å². The molecule has 0 amide bonds. The van der Waals surface area contributed by atoms with E-state index in [1.807, 2.05) is 0 Å². The number of nitrogens with one attached hydrogen (secondary N) is 2. The summed E-state index contributed by atoms with van der Waals surface area (Å²) in [6.07, 6.45) is 3.46. The maximum absolute atomic E-state index is 11.4. The van der Waals surface area contributed by atoms with Crippen LogP contribution < -0.4 is 20.3 Å². The third-order valence-electron chi connectivity index (χ3n) is 2.91. The van der Waals surface area contributed by atoms with Crippen LogP contribution in [0.4, 0.5) is 0 Å². The van der Waals surface area contributed by atoms with Crippen molar-refractivity contribution in [3.63, 3.8) is 0 Å². The summed E-state index contributed by atoms with van der Waals surface area (Å²) in [4.78, 5) is 17.8. The number of hydrogen-bond acceptors (Lipinski definition) is 5. The minimum Gasteiger partial charge on any atom is -0.487 e. The quantitative estimate of drug-likeness (QED) is 0.765. The van der Waals surface area contributed by atoms with E-state index in [-0.39, 0.29) is 17.2 Å². The number of hydrogen-bond donors (Lipinski definition) is 2. The van der Waals surface area contributed by atoms with E-state index in [1.54, 1.807) is 0 Å². The van der Waals surface area contributed by atoms with Gasteiger partial charge >= 0.3 is 0 Å². The van der Waals surface area contributed by atoms with Crippen LogP contribution in [0.3, 0.4) is 0 Å². The van der Waals surface area contributed by atoms with Crippen molar-refractivity contribution in [1.29, 1.82) is 0 Å². The first kappa shape index (κ1) is 11.9. The van der Waals surface area contributed by atoms with Crippen LogP contribution in [0.1, 0.15) is 12.8 Å². The van der Waals surface area contributed by atoms with E-state index in [9.17, 15) is 4.79 Å². The molecule has 0 bridgehead atoms. The summed E-state index contributed by atoms with van der Waals surface area (Å²) in [5, 5.41) is 3.30. The van der Waals surface area contributed by atoms with E-state index >= 15 is 0 Å². The van der Waals surface area contributed by atoms with Crippen molar-refractivity contribution in [3.8, 4) is 11.6 Å². The molecule has 6 nitrogen and oxygen atoms in total. The molecule has 0 radical (unpaired) electrons. The van der Waals surface area contributed by atoms with Crippen LogP contribution in [0.15, 0.2) is 11.1 Å². The molecule has 1 aliphatic rings. The van der Waals surface area contributed by atoms with Crippen molar-refractivity contribution < 1.29 is 9.47 Å². The van der Waals surface area contributed by atoms with Gasteiger partial charge in [-0.3, -0.25) is 4.79 Å². The van der Waals surface area contributed by atoms with E-state index in [0.717, 1.165) is 19.5 Å². The average molecular weight is 239 g/mol. The fourth-order valence-electron chi connectivity index (χ4n) is 1.94. The Hall–Kier alpha value is -1.56. The number of rotatable bonds is 5. The minimum absolute atomic E-state index is 0.136. The lowest BCUT2D eigenvalue weighted by molar-refractivity contribution is 0.256. The Bertz CT molecular complexity index is 413. The van der Waals surface area contributed by atoms with Gasteiger partial charge in [-0.2, -0.15) is 0 Å². The molecule has 1 unspecified atom stereocenters. The summed E-state index contributed by atoms with van der Waals surface area (Å²) >= 11 is 0. The van der Waals surface area contributed by atoms with Crippen molar-refractivity contribution in [2.45, 2.75) is 12.8 Å². The summed E-state index contributed by atoms with van der Waals surface area (Å²) < 4.78 is 10.4. The third-order valence-corrected chi connectivity index (χ3v) is 2.91. The smallest absolute Gasteiger partial charge is 0.297 e. The lowest BCUT2D eigenvalue weighted by atomic mass is 10.1. The van der Waals surface area contributed by atoms with Crippen molar-refractivity contribution in [2.24, 2.45) is 5.92 Å². The van der Waals surface area contributed by atoms with Gasteiger partial charge in [0.15, 0.2) is 0 Å². The maximum atomic E-state index is 11.4. The minimum atomic E-state index is -0.319. The van der Waals surface area contributed by atoms with E-state index < -0.39 is 0 Å². The molecular weight excluding hydrogens is 222 g/mol. The van der Waals surface area contributed by atoms with Gasteiger partial charge in [-0.15, -0.1) is 0 Å². The first-order valence-electron chi connectivity index (χ1n) is 5.76. The van der Waals surface area contributed by atoms with Gasteiger partial charge in [0, 0.05) is 0 Å². The summed E-state index contributed by atoms with van der Waals surface area (Å²) in [6, 6.07) is 0. The number of methoxy groups -OCH3 is 1. The van der Waals surface area contributed by atoms with Crippen molar-refractivity contribution in [3.05, 3.63) is 16.7 Å². The highest BCUT2D eigenvalue weighted by Gasteiger charge is 2.15. The Morgan fingerprint density at radius 1 is 1.59 bits per heavy atom. The molecule has 6 heteroatoms.